The number of ether oxygens (including phenoxy) is 1. The summed E-state index contributed by atoms with van der Waals surface area (Å²) in [6, 6.07) is 10.5. The van der Waals surface area contributed by atoms with Crippen LogP contribution in [0.4, 0.5) is 0 Å². The van der Waals surface area contributed by atoms with Gasteiger partial charge in [0.1, 0.15) is 12.6 Å². The number of hydrogen-bond acceptors (Lipinski definition) is 2. The summed E-state index contributed by atoms with van der Waals surface area (Å²) in [6.45, 7) is 0.646. The largest absolute Gasteiger partial charge is 0.481 e. The van der Waals surface area contributed by atoms with Gasteiger partial charge in [-0.15, -0.1) is 0 Å². The zero-order chi connectivity index (χ0) is 9.38. The molecule has 3 nitrogen and oxygen atoms in total. The Kier molecular flexibility index (Phi) is 1.56. The molecule has 1 aromatic carbocycles. The van der Waals surface area contributed by atoms with E-state index in [0.717, 1.165) is 11.2 Å². The molecular formula is C11H10N2O. The van der Waals surface area contributed by atoms with Gasteiger partial charge in [-0.05, 0) is 17.5 Å². The van der Waals surface area contributed by atoms with Crippen LogP contribution >= 0.6 is 0 Å². The summed E-state index contributed by atoms with van der Waals surface area (Å²) in [4.78, 5) is 7.57. The summed E-state index contributed by atoms with van der Waals surface area (Å²) < 4.78 is 5.10. The minimum absolute atomic E-state index is 0.141. The molecule has 0 bridgehead atoms. The standard InChI is InChI=1S/C11H10N2O/c1-2-4-9-8(3-1)5-10(13-9)11-6-14-7-12-11/h1-5,7,11,13H,6H2. The smallest absolute Gasteiger partial charge is 0.170 e. The van der Waals surface area contributed by atoms with Crippen molar-refractivity contribution in [3.05, 3.63) is 36.0 Å². The number of nitrogens with zero attached hydrogens (tertiary/aromatic N) is 1. The lowest BCUT2D eigenvalue weighted by Gasteiger charge is -2.00. The predicted molar refractivity (Wildman–Crippen MR) is 55.5 cm³/mol. The number of benzene rings is 1. The monoisotopic (exact) mass is 186 g/mol. The molecule has 0 radical (unpaired) electrons. The molecule has 1 unspecified atom stereocenters. The number of aromatic nitrogens is 1. The maximum Gasteiger partial charge on any atom is 0.170 e. The van der Waals surface area contributed by atoms with E-state index in [-0.39, 0.29) is 6.04 Å². The Hall–Kier alpha value is -1.77. The first-order valence-electron chi connectivity index (χ1n) is 4.64. The Morgan fingerprint density at radius 3 is 3.07 bits per heavy atom. The molecule has 3 rings (SSSR count). The fraction of sp³-hybridized carbons (Fsp3) is 0.182. The molecule has 0 fully saturated rings. The molecule has 1 N–H and O–H groups in total. The first-order chi connectivity index (χ1) is 6.93. The number of H-pyrrole nitrogens is 1. The molecule has 2 heterocycles. The Morgan fingerprint density at radius 1 is 1.36 bits per heavy atom. The van der Waals surface area contributed by atoms with E-state index in [9.17, 15) is 0 Å². The number of aromatic amines is 1. The average Bonchev–Trinajstić information content (AvgIpc) is 2.86. The van der Waals surface area contributed by atoms with Crippen molar-refractivity contribution in [2.75, 3.05) is 6.61 Å². The zero-order valence-corrected chi connectivity index (χ0v) is 7.60. The van der Waals surface area contributed by atoms with Crippen molar-refractivity contribution >= 4 is 17.3 Å². The first kappa shape index (κ1) is 7.62. The summed E-state index contributed by atoms with van der Waals surface area (Å²) >= 11 is 0. The quantitative estimate of drug-likeness (QED) is 0.728. The molecule has 3 heteroatoms. The summed E-state index contributed by atoms with van der Waals surface area (Å²) in [6.07, 6.45) is 1.52. The van der Waals surface area contributed by atoms with Crippen LogP contribution in [0.3, 0.4) is 0 Å². The van der Waals surface area contributed by atoms with Gasteiger partial charge in [0.25, 0.3) is 0 Å². The van der Waals surface area contributed by atoms with E-state index in [1.807, 2.05) is 12.1 Å². The highest BCUT2D eigenvalue weighted by molar-refractivity contribution is 5.80. The maximum absolute atomic E-state index is 5.10. The van der Waals surface area contributed by atoms with Crippen molar-refractivity contribution in [1.29, 1.82) is 0 Å². The van der Waals surface area contributed by atoms with Crippen LogP contribution < -0.4 is 0 Å². The van der Waals surface area contributed by atoms with Crippen LogP contribution in [0.15, 0.2) is 35.3 Å². The summed E-state index contributed by atoms with van der Waals surface area (Å²) in [5.41, 5.74) is 2.28. The molecule has 0 aliphatic carbocycles. The van der Waals surface area contributed by atoms with E-state index in [1.54, 1.807) is 0 Å². The molecule has 70 valence electrons. The van der Waals surface area contributed by atoms with Crippen LogP contribution in [0.5, 0.6) is 0 Å². The van der Waals surface area contributed by atoms with Gasteiger partial charge in [0, 0.05) is 11.2 Å². The van der Waals surface area contributed by atoms with Gasteiger partial charge in [0.05, 0.1) is 0 Å². The van der Waals surface area contributed by atoms with Crippen LogP contribution in [-0.4, -0.2) is 18.0 Å². The lowest BCUT2D eigenvalue weighted by molar-refractivity contribution is 0.329. The van der Waals surface area contributed by atoms with Gasteiger partial charge in [0.15, 0.2) is 6.40 Å². The Bertz CT molecular complexity index is 454. The highest BCUT2D eigenvalue weighted by Crippen LogP contribution is 2.24. The van der Waals surface area contributed by atoms with Gasteiger partial charge >= 0.3 is 0 Å². The van der Waals surface area contributed by atoms with Crippen LogP contribution in [-0.2, 0) is 4.74 Å². The summed E-state index contributed by atoms with van der Waals surface area (Å²) in [5, 5.41) is 1.23. The van der Waals surface area contributed by atoms with Gasteiger partial charge in [-0.3, -0.25) is 0 Å². The van der Waals surface area contributed by atoms with Gasteiger partial charge in [0.2, 0.25) is 0 Å². The van der Waals surface area contributed by atoms with E-state index in [0.29, 0.717) is 6.61 Å². The van der Waals surface area contributed by atoms with E-state index < -0.39 is 0 Å². The molecule has 0 spiro atoms. The minimum atomic E-state index is 0.141. The predicted octanol–water partition coefficient (Wildman–Crippen LogP) is 2.27. The number of hydrogen-bond donors (Lipinski definition) is 1. The zero-order valence-electron chi connectivity index (χ0n) is 7.60. The van der Waals surface area contributed by atoms with Crippen molar-refractivity contribution in [2.45, 2.75) is 6.04 Å². The number of nitrogens with one attached hydrogen (secondary N) is 1. The van der Waals surface area contributed by atoms with Gasteiger partial charge in [-0.1, -0.05) is 18.2 Å². The highest BCUT2D eigenvalue weighted by Gasteiger charge is 2.16. The maximum atomic E-state index is 5.10. The normalized spacial score (nSPS) is 20.1. The van der Waals surface area contributed by atoms with Crippen LogP contribution in [0.1, 0.15) is 11.7 Å². The molecule has 1 aromatic heterocycles. The highest BCUT2D eigenvalue weighted by atomic mass is 16.5. The summed E-state index contributed by atoms with van der Waals surface area (Å²) in [5.74, 6) is 0. The van der Waals surface area contributed by atoms with Crippen molar-refractivity contribution in [3.8, 4) is 0 Å². The Morgan fingerprint density at radius 2 is 2.29 bits per heavy atom. The molecule has 14 heavy (non-hydrogen) atoms. The topological polar surface area (TPSA) is 37.4 Å². The molecule has 1 aliphatic heterocycles. The first-order valence-corrected chi connectivity index (χ1v) is 4.64. The lowest BCUT2D eigenvalue weighted by atomic mass is 10.2. The van der Waals surface area contributed by atoms with E-state index in [1.165, 1.54) is 11.8 Å². The Labute approximate surface area is 81.4 Å². The Balaban J connectivity index is 2.09. The molecule has 0 saturated carbocycles. The van der Waals surface area contributed by atoms with Crippen molar-refractivity contribution < 1.29 is 4.74 Å². The molecule has 1 aliphatic rings. The van der Waals surface area contributed by atoms with Gasteiger partial charge < -0.3 is 9.72 Å². The van der Waals surface area contributed by atoms with Crippen LogP contribution in [0.25, 0.3) is 10.9 Å². The third-order valence-corrected chi connectivity index (χ3v) is 2.48. The SMILES string of the molecule is C1=NC(c2cc3ccccc3[nH]2)CO1. The number of para-hydroxylation sites is 1. The van der Waals surface area contributed by atoms with Gasteiger partial charge in [-0.25, -0.2) is 4.99 Å². The third-order valence-electron chi connectivity index (χ3n) is 2.48. The fourth-order valence-electron chi connectivity index (χ4n) is 1.74. The molecule has 0 saturated heterocycles. The van der Waals surface area contributed by atoms with Crippen molar-refractivity contribution in [2.24, 2.45) is 4.99 Å². The van der Waals surface area contributed by atoms with E-state index in [4.69, 9.17) is 4.74 Å². The lowest BCUT2D eigenvalue weighted by Crippen LogP contribution is -1.96. The molecule has 2 aromatic rings. The number of fused-ring (bicyclic) bond motifs is 1. The minimum Gasteiger partial charge on any atom is -0.481 e. The number of aliphatic imine (C=N–C) groups is 1. The molecule has 1 atom stereocenters. The van der Waals surface area contributed by atoms with E-state index in [2.05, 4.69) is 28.2 Å². The molecular weight excluding hydrogens is 176 g/mol. The van der Waals surface area contributed by atoms with Crippen molar-refractivity contribution in [3.63, 3.8) is 0 Å². The van der Waals surface area contributed by atoms with Crippen LogP contribution in [0.2, 0.25) is 0 Å². The number of rotatable bonds is 1. The second kappa shape index (κ2) is 2.87. The summed E-state index contributed by atoms with van der Waals surface area (Å²) in [7, 11) is 0. The van der Waals surface area contributed by atoms with Gasteiger partial charge in [-0.2, -0.15) is 0 Å². The second-order valence-corrected chi connectivity index (χ2v) is 3.42. The van der Waals surface area contributed by atoms with Crippen molar-refractivity contribution in [1.82, 2.24) is 4.98 Å². The third kappa shape index (κ3) is 1.09. The second-order valence-electron chi connectivity index (χ2n) is 3.42. The van der Waals surface area contributed by atoms with Crippen LogP contribution in [0, 0.1) is 0 Å². The fourth-order valence-corrected chi connectivity index (χ4v) is 1.74. The molecule has 0 amide bonds. The van der Waals surface area contributed by atoms with E-state index >= 15 is 0 Å². The average molecular weight is 186 g/mol.